The number of rotatable bonds is 8. The van der Waals surface area contributed by atoms with E-state index in [1.165, 1.54) is 0 Å². The molecular formula is C14H21O4P-2. The van der Waals surface area contributed by atoms with Gasteiger partial charge in [0, 0.05) is 0 Å². The average molecular weight is 284 g/mol. The zero-order valence-corrected chi connectivity index (χ0v) is 12.4. The summed E-state index contributed by atoms with van der Waals surface area (Å²) in [6.45, 7) is 4.18. The highest BCUT2D eigenvalue weighted by Gasteiger charge is 2.10. The largest absolute Gasteiger partial charge is 0.780 e. The lowest BCUT2D eigenvalue weighted by Crippen LogP contribution is -2.19. The normalized spacial score (nSPS) is 11.6. The molecule has 1 aromatic rings. The highest BCUT2D eigenvalue weighted by molar-refractivity contribution is 7.43. The van der Waals surface area contributed by atoms with Crippen LogP contribution in [0.4, 0.5) is 0 Å². The van der Waals surface area contributed by atoms with Gasteiger partial charge in [-0.05, 0) is 42.9 Å². The van der Waals surface area contributed by atoms with E-state index in [1.807, 2.05) is 6.07 Å². The second kappa shape index (κ2) is 7.68. The molecule has 0 amide bonds. The summed E-state index contributed by atoms with van der Waals surface area (Å²) in [7, 11) is -4.99. The molecule has 0 aliphatic heterocycles. The van der Waals surface area contributed by atoms with Crippen LogP contribution in [0.3, 0.4) is 0 Å². The number of unbranched alkanes of at least 4 members (excludes halogenated alkanes) is 2. The molecule has 0 saturated heterocycles. The molecule has 19 heavy (non-hydrogen) atoms. The minimum Gasteiger partial charge on any atom is -0.780 e. The van der Waals surface area contributed by atoms with Gasteiger partial charge < -0.3 is 18.9 Å². The monoisotopic (exact) mass is 284 g/mol. The van der Waals surface area contributed by atoms with Crippen LogP contribution in [-0.4, -0.2) is 0 Å². The Hall–Kier alpha value is -0.830. The third kappa shape index (κ3) is 5.77. The van der Waals surface area contributed by atoms with Gasteiger partial charge in [-0.15, -0.1) is 0 Å². The summed E-state index contributed by atoms with van der Waals surface area (Å²) in [6.07, 6.45) is 5.69. The van der Waals surface area contributed by atoms with Gasteiger partial charge in [0.15, 0.2) is 0 Å². The van der Waals surface area contributed by atoms with Gasteiger partial charge in [0.2, 0.25) is 0 Å². The lowest BCUT2D eigenvalue weighted by molar-refractivity contribution is -0.333. The molecule has 1 rings (SSSR count). The Kier molecular flexibility index (Phi) is 6.56. The summed E-state index contributed by atoms with van der Waals surface area (Å²) in [5.41, 5.74) is 1.95. The molecule has 0 saturated carbocycles. The average Bonchev–Trinajstić information content (AvgIpc) is 2.33. The quantitative estimate of drug-likeness (QED) is 0.688. The molecule has 0 N–H and O–H groups in total. The molecule has 0 unspecified atom stereocenters. The Bertz CT molecular complexity index is 439. The van der Waals surface area contributed by atoms with Crippen LogP contribution in [0.1, 0.15) is 50.7 Å². The van der Waals surface area contributed by atoms with Crippen LogP contribution in [0, 0.1) is 0 Å². The molecule has 1 aromatic carbocycles. The van der Waals surface area contributed by atoms with E-state index in [2.05, 4.69) is 18.4 Å². The van der Waals surface area contributed by atoms with Crippen LogP contribution in [0.15, 0.2) is 18.2 Å². The van der Waals surface area contributed by atoms with E-state index in [-0.39, 0.29) is 5.75 Å². The van der Waals surface area contributed by atoms with Crippen molar-refractivity contribution in [3.63, 3.8) is 0 Å². The fourth-order valence-electron chi connectivity index (χ4n) is 2.06. The predicted octanol–water partition coefficient (Wildman–Crippen LogP) is 2.58. The second-order valence-electron chi connectivity index (χ2n) is 4.64. The van der Waals surface area contributed by atoms with Gasteiger partial charge in [-0.3, -0.25) is 0 Å². The minimum atomic E-state index is -4.99. The van der Waals surface area contributed by atoms with Crippen molar-refractivity contribution in [2.75, 3.05) is 0 Å². The van der Waals surface area contributed by atoms with Crippen LogP contribution in [0.2, 0.25) is 0 Å². The predicted molar refractivity (Wildman–Crippen MR) is 71.9 cm³/mol. The van der Waals surface area contributed by atoms with E-state index in [0.29, 0.717) is 0 Å². The summed E-state index contributed by atoms with van der Waals surface area (Å²) in [6, 6.07) is 5.28. The zero-order chi connectivity index (χ0) is 14.3. The molecule has 0 aromatic heterocycles. The first-order valence-electron chi connectivity index (χ1n) is 6.80. The lowest BCUT2D eigenvalue weighted by atomic mass is 9.97. The van der Waals surface area contributed by atoms with E-state index in [9.17, 15) is 14.4 Å². The molecule has 0 aliphatic rings. The smallest absolute Gasteiger partial charge is 0.127 e. The Balaban J connectivity index is 3.02. The van der Waals surface area contributed by atoms with E-state index in [0.717, 1.165) is 49.7 Å². The molecule has 0 fully saturated rings. The summed E-state index contributed by atoms with van der Waals surface area (Å²) in [5, 5.41) is 0. The molecule has 0 atom stereocenters. The molecule has 0 radical (unpaired) electrons. The van der Waals surface area contributed by atoms with Crippen molar-refractivity contribution in [1.29, 1.82) is 0 Å². The fourth-order valence-corrected chi connectivity index (χ4v) is 2.47. The van der Waals surface area contributed by atoms with Crippen LogP contribution < -0.4 is 14.3 Å². The lowest BCUT2D eigenvalue weighted by Gasteiger charge is -2.30. The van der Waals surface area contributed by atoms with E-state index in [1.54, 1.807) is 12.1 Å². The third-order valence-corrected chi connectivity index (χ3v) is 3.44. The SMILES string of the molecule is CCCCc1cccc(OP(=O)([O-])[O-])c1CCCC. The zero-order valence-electron chi connectivity index (χ0n) is 11.6. The van der Waals surface area contributed by atoms with Crippen LogP contribution in [0.5, 0.6) is 5.75 Å². The number of phosphoric ester groups is 1. The van der Waals surface area contributed by atoms with Gasteiger partial charge in [-0.1, -0.05) is 38.8 Å². The van der Waals surface area contributed by atoms with Crippen molar-refractivity contribution in [3.05, 3.63) is 29.3 Å². The second-order valence-corrected chi connectivity index (χ2v) is 5.72. The first kappa shape index (κ1) is 16.2. The molecular weight excluding hydrogens is 263 g/mol. The van der Waals surface area contributed by atoms with Gasteiger partial charge in [-0.25, -0.2) is 0 Å². The van der Waals surface area contributed by atoms with E-state index < -0.39 is 7.82 Å². The molecule has 0 heterocycles. The number of aryl methyl sites for hydroxylation is 1. The highest BCUT2D eigenvalue weighted by Crippen LogP contribution is 2.34. The fraction of sp³-hybridized carbons (Fsp3) is 0.571. The maximum Gasteiger partial charge on any atom is 0.127 e. The molecule has 0 bridgehead atoms. The number of phosphoric acid groups is 1. The number of benzene rings is 1. The Morgan fingerprint density at radius 1 is 1.11 bits per heavy atom. The van der Waals surface area contributed by atoms with Gasteiger partial charge in [0.25, 0.3) is 0 Å². The number of hydrogen-bond donors (Lipinski definition) is 0. The maximum absolute atomic E-state index is 10.8. The molecule has 5 heteroatoms. The maximum atomic E-state index is 10.8. The van der Waals surface area contributed by atoms with E-state index in [4.69, 9.17) is 0 Å². The van der Waals surface area contributed by atoms with Crippen molar-refractivity contribution in [2.24, 2.45) is 0 Å². The molecule has 0 spiro atoms. The first-order chi connectivity index (χ1) is 8.98. The van der Waals surface area contributed by atoms with Crippen molar-refractivity contribution < 1.29 is 18.9 Å². The summed E-state index contributed by atoms with van der Waals surface area (Å²) in [5.74, 6) is 0.204. The van der Waals surface area contributed by atoms with Gasteiger partial charge in [-0.2, -0.15) is 0 Å². The number of hydrogen-bond acceptors (Lipinski definition) is 4. The summed E-state index contributed by atoms with van der Waals surface area (Å²) < 4.78 is 15.4. The van der Waals surface area contributed by atoms with Crippen molar-refractivity contribution in [2.45, 2.75) is 52.4 Å². The molecule has 0 aliphatic carbocycles. The third-order valence-electron chi connectivity index (χ3n) is 3.02. The van der Waals surface area contributed by atoms with Crippen molar-refractivity contribution >= 4 is 7.82 Å². The summed E-state index contributed by atoms with van der Waals surface area (Å²) in [4.78, 5) is 21.6. The van der Waals surface area contributed by atoms with Gasteiger partial charge in [0.1, 0.15) is 13.6 Å². The minimum absolute atomic E-state index is 0.204. The van der Waals surface area contributed by atoms with Gasteiger partial charge in [0.05, 0.1) is 0 Å². The van der Waals surface area contributed by atoms with Gasteiger partial charge >= 0.3 is 0 Å². The van der Waals surface area contributed by atoms with Crippen LogP contribution >= 0.6 is 7.82 Å². The van der Waals surface area contributed by atoms with Crippen molar-refractivity contribution in [3.8, 4) is 5.75 Å². The van der Waals surface area contributed by atoms with Crippen LogP contribution in [-0.2, 0) is 17.4 Å². The standard InChI is InChI=1S/C14H23O4P/c1-3-5-8-12-9-7-11-14(18-19(15,16)17)13(12)10-6-4-2/h7,9,11H,3-6,8,10H2,1-2H3,(H2,15,16,17)/p-2. The topological polar surface area (TPSA) is 72.4 Å². The van der Waals surface area contributed by atoms with Crippen LogP contribution in [0.25, 0.3) is 0 Å². The van der Waals surface area contributed by atoms with Crippen molar-refractivity contribution in [1.82, 2.24) is 0 Å². The molecule has 4 nitrogen and oxygen atoms in total. The van der Waals surface area contributed by atoms with E-state index >= 15 is 0 Å². The Morgan fingerprint density at radius 3 is 2.32 bits per heavy atom. The molecule has 108 valence electrons. The first-order valence-corrected chi connectivity index (χ1v) is 8.26. The Morgan fingerprint density at radius 2 is 1.74 bits per heavy atom. The Labute approximate surface area is 115 Å². The highest BCUT2D eigenvalue weighted by atomic mass is 31.2. The summed E-state index contributed by atoms with van der Waals surface area (Å²) >= 11 is 0.